The third-order valence-electron chi connectivity index (χ3n) is 7.17. The molecule has 0 unspecified atom stereocenters. The monoisotopic (exact) mass is 542 g/mol. The Balaban J connectivity index is 1.60. The zero-order valence-corrected chi connectivity index (χ0v) is 23.9. The van der Waals surface area contributed by atoms with Gasteiger partial charge in [-0.1, -0.05) is 87.5 Å². The summed E-state index contributed by atoms with van der Waals surface area (Å²) in [6.07, 6.45) is 0.964. The van der Waals surface area contributed by atoms with Gasteiger partial charge >= 0.3 is 14.3 Å². The molecule has 0 bridgehead atoms. The molecule has 1 aliphatic heterocycles. The van der Waals surface area contributed by atoms with Crippen LogP contribution in [0.15, 0.2) is 90.7 Å². The van der Waals surface area contributed by atoms with Crippen LogP contribution in [-0.4, -0.2) is 50.3 Å². The molecule has 0 saturated carbocycles. The minimum absolute atomic E-state index is 0.197. The van der Waals surface area contributed by atoms with Crippen molar-refractivity contribution in [3.63, 3.8) is 0 Å². The molecule has 1 aromatic heterocycles. The van der Waals surface area contributed by atoms with Gasteiger partial charge in [-0.2, -0.15) is 9.97 Å². The third kappa shape index (κ3) is 4.91. The van der Waals surface area contributed by atoms with E-state index in [9.17, 15) is 5.11 Å². The van der Waals surface area contributed by atoms with Gasteiger partial charge in [0.2, 0.25) is 5.88 Å². The number of fused-ring (bicyclic) bond motifs is 1. The molecule has 0 fully saturated rings. The first kappa shape index (κ1) is 26.9. The lowest BCUT2D eigenvalue weighted by atomic mass is 10.1. The predicted molar refractivity (Wildman–Crippen MR) is 154 cm³/mol. The smallest absolute Gasteiger partial charge is 0.320 e. The molecule has 2 atom stereocenters. The van der Waals surface area contributed by atoms with Crippen molar-refractivity contribution >= 4 is 29.6 Å². The Kier molecular flexibility index (Phi) is 7.44. The van der Waals surface area contributed by atoms with E-state index in [1.54, 1.807) is 7.11 Å². The number of ether oxygens (including phenoxy) is 3. The lowest BCUT2D eigenvalue weighted by molar-refractivity contribution is 0.00740. The zero-order chi connectivity index (χ0) is 27.6. The Hall–Kier alpha value is -3.72. The van der Waals surface area contributed by atoms with Crippen LogP contribution in [0.4, 0.5) is 0 Å². The van der Waals surface area contributed by atoms with Gasteiger partial charge in [0.15, 0.2) is 0 Å². The Labute approximate surface area is 230 Å². The van der Waals surface area contributed by atoms with Crippen molar-refractivity contribution in [2.75, 3.05) is 20.8 Å². The van der Waals surface area contributed by atoms with E-state index >= 15 is 0 Å². The maximum absolute atomic E-state index is 10.4. The SMILES string of the molecule is COc1nc(OC)c2cc([C@H]3C=C(O[Si](c4ccccc4)(c4ccccc4)C(C)(C)C)[C@@H](CO)O3)ccc2n1. The average Bonchev–Trinajstić information content (AvgIpc) is 3.38. The summed E-state index contributed by atoms with van der Waals surface area (Å²) in [6.45, 7) is 6.48. The average molecular weight is 543 g/mol. The van der Waals surface area contributed by atoms with Gasteiger partial charge in [0.05, 0.1) is 31.7 Å². The van der Waals surface area contributed by atoms with Crippen LogP contribution >= 0.6 is 0 Å². The molecule has 1 aliphatic rings. The summed E-state index contributed by atoms with van der Waals surface area (Å²) < 4.78 is 24.3. The second-order valence-electron chi connectivity index (χ2n) is 10.6. The number of benzene rings is 3. The van der Waals surface area contributed by atoms with Gasteiger partial charge < -0.3 is 23.7 Å². The second kappa shape index (κ2) is 10.8. The summed E-state index contributed by atoms with van der Waals surface area (Å²) in [5.41, 5.74) is 1.58. The third-order valence-corrected chi connectivity index (χ3v) is 12.1. The van der Waals surface area contributed by atoms with Crippen LogP contribution < -0.4 is 19.8 Å². The maximum atomic E-state index is 10.4. The fourth-order valence-electron chi connectivity index (χ4n) is 5.29. The normalized spacial score (nSPS) is 17.6. The molecule has 0 amide bonds. The first-order valence-corrected chi connectivity index (χ1v) is 14.9. The Morgan fingerprint density at radius 1 is 0.872 bits per heavy atom. The fourth-order valence-corrected chi connectivity index (χ4v) is 9.78. The van der Waals surface area contributed by atoms with Crippen LogP contribution in [0.2, 0.25) is 5.04 Å². The van der Waals surface area contributed by atoms with Gasteiger partial charge in [-0.25, -0.2) is 0 Å². The van der Waals surface area contributed by atoms with Crippen molar-refractivity contribution in [3.05, 3.63) is 96.3 Å². The summed E-state index contributed by atoms with van der Waals surface area (Å²) >= 11 is 0. The van der Waals surface area contributed by atoms with E-state index in [1.165, 1.54) is 7.11 Å². The highest BCUT2D eigenvalue weighted by Gasteiger charge is 2.53. The Bertz CT molecular complexity index is 1430. The number of aromatic nitrogens is 2. The van der Waals surface area contributed by atoms with Crippen LogP contribution in [0.3, 0.4) is 0 Å². The molecule has 1 N–H and O–H groups in total. The molecule has 0 spiro atoms. The quantitative estimate of drug-likeness (QED) is 0.327. The van der Waals surface area contributed by atoms with Crippen molar-refractivity contribution in [2.24, 2.45) is 0 Å². The molecule has 7 nitrogen and oxygen atoms in total. The van der Waals surface area contributed by atoms with Crippen molar-refractivity contribution in [1.82, 2.24) is 9.97 Å². The zero-order valence-electron chi connectivity index (χ0n) is 22.9. The molecule has 0 aliphatic carbocycles. The minimum atomic E-state index is -2.89. The molecule has 0 radical (unpaired) electrons. The Morgan fingerprint density at radius 3 is 2.05 bits per heavy atom. The molecule has 0 saturated heterocycles. The van der Waals surface area contributed by atoms with Crippen molar-refractivity contribution in [3.8, 4) is 11.9 Å². The highest BCUT2D eigenvalue weighted by molar-refractivity contribution is 6.99. The molecular formula is C31H34N2O5Si. The molecule has 39 heavy (non-hydrogen) atoms. The Morgan fingerprint density at radius 2 is 1.51 bits per heavy atom. The van der Waals surface area contributed by atoms with E-state index in [0.717, 1.165) is 21.3 Å². The number of nitrogens with zero attached hydrogens (tertiary/aromatic N) is 2. The highest BCUT2D eigenvalue weighted by atomic mass is 28.4. The largest absolute Gasteiger partial charge is 0.535 e. The number of aliphatic hydroxyl groups excluding tert-OH is 1. The molecule has 5 rings (SSSR count). The number of rotatable bonds is 8. The van der Waals surface area contributed by atoms with E-state index in [4.69, 9.17) is 18.6 Å². The van der Waals surface area contributed by atoms with Gasteiger partial charge in [0.25, 0.3) is 0 Å². The summed E-state index contributed by atoms with van der Waals surface area (Å²) in [6, 6.07) is 26.9. The van der Waals surface area contributed by atoms with E-state index in [2.05, 4.69) is 79.3 Å². The van der Waals surface area contributed by atoms with Gasteiger partial charge in [-0.05, 0) is 39.2 Å². The summed E-state index contributed by atoms with van der Waals surface area (Å²) in [5, 5.41) is 13.2. The number of methoxy groups -OCH3 is 2. The van der Waals surface area contributed by atoms with E-state index in [-0.39, 0.29) is 17.7 Å². The lowest BCUT2D eigenvalue weighted by Crippen LogP contribution is -2.66. The van der Waals surface area contributed by atoms with Crippen molar-refractivity contribution in [2.45, 2.75) is 38.0 Å². The number of hydrogen-bond acceptors (Lipinski definition) is 7. The number of aliphatic hydroxyl groups is 1. The highest BCUT2D eigenvalue weighted by Crippen LogP contribution is 2.42. The molecular weight excluding hydrogens is 508 g/mol. The van der Waals surface area contributed by atoms with Gasteiger partial charge in [0.1, 0.15) is 18.0 Å². The van der Waals surface area contributed by atoms with E-state index in [0.29, 0.717) is 17.2 Å². The fraction of sp³-hybridized carbons (Fsp3) is 0.290. The van der Waals surface area contributed by atoms with Crippen LogP contribution in [0.25, 0.3) is 10.9 Å². The molecule has 4 aromatic rings. The van der Waals surface area contributed by atoms with Crippen LogP contribution in [0.5, 0.6) is 11.9 Å². The van der Waals surface area contributed by atoms with Crippen molar-refractivity contribution < 1.29 is 23.7 Å². The van der Waals surface area contributed by atoms with Gasteiger partial charge in [-0.15, -0.1) is 0 Å². The first-order valence-electron chi connectivity index (χ1n) is 13.0. The molecule has 2 heterocycles. The van der Waals surface area contributed by atoms with Crippen LogP contribution in [0, 0.1) is 0 Å². The minimum Gasteiger partial charge on any atom is -0.535 e. The van der Waals surface area contributed by atoms with Gasteiger partial charge in [0, 0.05) is 0 Å². The standard InChI is InChI=1S/C31H34N2O5Si/c1-31(2,3)39(22-12-8-6-9-13-22,23-14-10-7-11-15-23)38-27-19-26(37-28(27)20-34)21-16-17-25-24(18-21)29(35-4)33-30(32-25)36-5/h6-19,26,28,34H,20H2,1-5H3/t26-,28-/m1/s1. The summed E-state index contributed by atoms with van der Waals surface area (Å²) in [4.78, 5) is 8.75. The van der Waals surface area contributed by atoms with Crippen LogP contribution in [-0.2, 0) is 9.16 Å². The van der Waals surface area contributed by atoms with E-state index < -0.39 is 20.5 Å². The number of hydrogen-bond donors (Lipinski definition) is 1. The van der Waals surface area contributed by atoms with Crippen LogP contribution in [0.1, 0.15) is 32.4 Å². The summed E-state index contributed by atoms with van der Waals surface area (Å²) in [7, 11) is 0.204. The second-order valence-corrected chi connectivity index (χ2v) is 14.8. The lowest BCUT2D eigenvalue weighted by Gasteiger charge is -2.43. The predicted octanol–water partition coefficient (Wildman–Crippen LogP) is 4.54. The van der Waals surface area contributed by atoms with Gasteiger partial charge in [-0.3, -0.25) is 0 Å². The van der Waals surface area contributed by atoms with Crippen molar-refractivity contribution in [1.29, 1.82) is 0 Å². The molecule has 3 aromatic carbocycles. The molecule has 8 heteroatoms. The van der Waals surface area contributed by atoms with E-state index in [1.807, 2.05) is 36.4 Å². The molecule has 202 valence electrons. The maximum Gasteiger partial charge on any atom is 0.320 e. The summed E-state index contributed by atoms with van der Waals surface area (Å²) in [5.74, 6) is 1.07. The topological polar surface area (TPSA) is 82.9 Å². The first-order chi connectivity index (χ1) is 18.8.